The third-order valence-corrected chi connectivity index (χ3v) is 2.26. The van der Waals surface area contributed by atoms with Gasteiger partial charge in [0.1, 0.15) is 11.3 Å². The van der Waals surface area contributed by atoms with Crippen LogP contribution in [0.5, 0.6) is 0 Å². The topological polar surface area (TPSA) is 65.2 Å². The standard InChI is InChI=1S/C12H10F2N2O3/c1-2-18-12(17)7-6-15-11(8-4-3-5-19-8)16-9(7)10(13)14/h3-6,10H,2H2,1H3. The fourth-order valence-electron chi connectivity index (χ4n) is 1.45. The number of aromatic nitrogens is 2. The summed E-state index contributed by atoms with van der Waals surface area (Å²) in [5, 5.41) is 0. The molecule has 2 heterocycles. The van der Waals surface area contributed by atoms with Crippen molar-refractivity contribution in [2.24, 2.45) is 0 Å². The lowest BCUT2D eigenvalue weighted by atomic mass is 10.2. The third-order valence-electron chi connectivity index (χ3n) is 2.26. The quantitative estimate of drug-likeness (QED) is 0.798. The number of ether oxygens (including phenoxy) is 1. The Kier molecular flexibility index (Phi) is 3.84. The van der Waals surface area contributed by atoms with Crippen LogP contribution >= 0.6 is 0 Å². The second kappa shape index (κ2) is 5.55. The number of hydrogen-bond donors (Lipinski definition) is 0. The molecule has 2 aromatic rings. The summed E-state index contributed by atoms with van der Waals surface area (Å²) in [4.78, 5) is 19.0. The van der Waals surface area contributed by atoms with E-state index in [0.29, 0.717) is 0 Å². The third kappa shape index (κ3) is 2.75. The van der Waals surface area contributed by atoms with Crippen LogP contribution in [0, 0.1) is 0 Å². The first-order chi connectivity index (χ1) is 9.13. The van der Waals surface area contributed by atoms with Crippen molar-refractivity contribution in [3.05, 3.63) is 35.9 Å². The first-order valence-electron chi connectivity index (χ1n) is 5.49. The van der Waals surface area contributed by atoms with Crippen LogP contribution in [-0.4, -0.2) is 22.5 Å². The molecular weight excluding hydrogens is 258 g/mol. The maximum Gasteiger partial charge on any atom is 0.341 e. The van der Waals surface area contributed by atoms with E-state index in [1.165, 1.54) is 12.3 Å². The maximum atomic E-state index is 12.9. The molecule has 0 aliphatic carbocycles. The van der Waals surface area contributed by atoms with Crippen molar-refractivity contribution in [2.45, 2.75) is 13.3 Å². The Bertz CT molecular complexity index is 570. The summed E-state index contributed by atoms with van der Waals surface area (Å²) in [5.74, 6) is -0.630. The van der Waals surface area contributed by atoms with E-state index in [4.69, 9.17) is 4.42 Å². The van der Waals surface area contributed by atoms with Crippen LogP contribution in [0.3, 0.4) is 0 Å². The van der Waals surface area contributed by atoms with Crippen molar-refractivity contribution in [2.75, 3.05) is 6.61 Å². The minimum Gasteiger partial charge on any atom is -0.462 e. The second-order valence-corrected chi connectivity index (χ2v) is 3.49. The predicted molar refractivity (Wildman–Crippen MR) is 60.6 cm³/mol. The van der Waals surface area contributed by atoms with Crippen molar-refractivity contribution < 1.29 is 22.7 Å². The van der Waals surface area contributed by atoms with Crippen LogP contribution in [0.4, 0.5) is 8.78 Å². The molecule has 0 N–H and O–H groups in total. The number of esters is 1. The van der Waals surface area contributed by atoms with Gasteiger partial charge >= 0.3 is 5.97 Å². The molecule has 0 saturated heterocycles. The smallest absolute Gasteiger partial charge is 0.341 e. The van der Waals surface area contributed by atoms with Crippen LogP contribution in [0.15, 0.2) is 29.0 Å². The molecule has 0 amide bonds. The molecule has 7 heteroatoms. The fraction of sp³-hybridized carbons (Fsp3) is 0.250. The number of rotatable bonds is 4. The molecule has 0 aliphatic heterocycles. The van der Waals surface area contributed by atoms with Crippen LogP contribution in [0.1, 0.15) is 29.4 Å². The zero-order valence-electron chi connectivity index (χ0n) is 9.97. The summed E-state index contributed by atoms with van der Waals surface area (Å²) in [7, 11) is 0. The van der Waals surface area contributed by atoms with E-state index in [9.17, 15) is 13.6 Å². The van der Waals surface area contributed by atoms with Crippen molar-refractivity contribution >= 4 is 5.97 Å². The number of nitrogens with zero attached hydrogens (tertiary/aromatic N) is 2. The normalized spacial score (nSPS) is 10.7. The number of carbonyl (C=O) groups excluding carboxylic acids is 1. The zero-order chi connectivity index (χ0) is 13.8. The first-order valence-corrected chi connectivity index (χ1v) is 5.49. The molecular formula is C12H10F2N2O3. The number of furan rings is 1. The number of halogens is 2. The molecule has 0 atom stereocenters. The first kappa shape index (κ1) is 13.1. The van der Waals surface area contributed by atoms with E-state index < -0.39 is 18.1 Å². The summed E-state index contributed by atoms with van der Waals surface area (Å²) in [5.41, 5.74) is -1.01. The van der Waals surface area contributed by atoms with E-state index in [2.05, 4.69) is 14.7 Å². The van der Waals surface area contributed by atoms with Crippen LogP contribution in [0.2, 0.25) is 0 Å². The Morgan fingerprint density at radius 2 is 2.32 bits per heavy atom. The molecule has 0 bridgehead atoms. The molecule has 5 nitrogen and oxygen atoms in total. The Morgan fingerprint density at radius 3 is 2.89 bits per heavy atom. The lowest BCUT2D eigenvalue weighted by Gasteiger charge is -2.07. The summed E-state index contributed by atoms with van der Waals surface area (Å²) >= 11 is 0. The SMILES string of the molecule is CCOC(=O)c1cnc(-c2ccco2)nc1C(F)F. The number of hydrogen-bond acceptors (Lipinski definition) is 5. The van der Waals surface area contributed by atoms with Gasteiger partial charge in [0.25, 0.3) is 6.43 Å². The molecule has 2 aromatic heterocycles. The molecule has 100 valence electrons. The Labute approximate surface area is 107 Å². The van der Waals surface area contributed by atoms with Gasteiger partial charge in [0.05, 0.1) is 12.9 Å². The van der Waals surface area contributed by atoms with Gasteiger partial charge in [-0.3, -0.25) is 0 Å². The largest absolute Gasteiger partial charge is 0.462 e. The molecule has 19 heavy (non-hydrogen) atoms. The van der Waals surface area contributed by atoms with Gasteiger partial charge in [-0.05, 0) is 19.1 Å². The summed E-state index contributed by atoms with van der Waals surface area (Å²) in [6.07, 6.45) is -0.513. The summed E-state index contributed by atoms with van der Waals surface area (Å²) in [6.45, 7) is 1.67. The fourth-order valence-corrected chi connectivity index (χ4v) is 1.45. The Balaban J connectivity index is 2.44. The highest BCUT2D eigenvalue weighted by Gasteiger charge is 2.23. The minimum absolute atomic E-state index is 0.00616. The molecule has 0 radical (unpaired) electrons. The molecule has 0 fully saturated rings. The van der Waals surface area contributed by atoms with Gasteiger partial charge in [-0.15, -0.1) is 0 Å². The van der Waals surface area contributed by atoms with Gasteiger partial charge < -0.3 is 9.15 Å². The lowest BCUT2D eigenvalue weighted by molar-refractivity contribution is 0.0513. The summed E-state index contributed by atoms with van der Waals surface area (Å²) in [6, 6.07) is 3.12. The van der Waals surface area contributed by atoms with Crippen LogP contribution in [0.25, 0.3) is 11.6 Å². The minimum atomic E-state index is -2.91. The number of alkyl halides is 2. The monoisotopic (exact) mass is 268 g/mol. The number of carbonyl (C=O) groups is 1. The van der Waals surface area contributed by atoms with Crippen molar-refractivity contribution in [1.29, 1.82) is 0 Å². The van der Waals surface area contributed by atoms with E-state index in [0.717, 1.165) is 6.20 Å². The van der Waals surface area contributed by atoms with Gasteiger partial charge in [-0.1, -0.05) is 0 Å². The second-order valence-electron chi connectivity index (χ2n) is 3.49. The van der Waals surface area contributed by atoms with Crippen molar-refractivity contribution in [3.8, 4) is 11.6 Å². The molecule has 0 saturated carbocycles. The van der Waals surface area contributed by atoms with Crippen LogP contribution in [-0.2, 0) is 4.74 Å². The molecule has 0 aromatic carbocycles. The van der Waals surface area contributed by atoms with E-state index >= 15 is 0 Å². The maximum absolute atomic E-state index is 12.9. The van der Waals surface area contributed by atoms with Crippen LogP contribution < -0.4 is 0 Å². The molecule has 2 rings (SSSR count). The van der Waals surface area contributed by atoms with E-state index in [1.807, 2.05) is 0 Å². The highest BCUT2D eigenvalue weighted by atomic mass is 19.3. The molecule has 0 spiro atoms. The summed E-state index contributed by atoms with van der Waals surface area (Å²) < 4.78 is 35.5. The average Bonchev–Trinajstić information content (AvgIpc) is 2.92. The predicted octanol–water partition coefficient (Wildman–Crippen LogP) is 2.85. The lowest BCUT2D eigenvalue weighted by Crippen LogP contribution is -2.11. The van der Waals surface area contributed by atoms with Gasteiger partial charge in [-0.25, -0.2) is 23.5 Å². The van der Waals surface area contributed by atoms with E-state index in [1.54, 1.807) is 13.0 Å². The Morgan fingerprint density at radius 1 is 1.53 bits per heavy atom. The zero-order valence-corrected chi connectivity index (χ0v) is 9.97. The van der Waals surface area contributed by atoms with Gasteiger partial charge in [0.2, 0.25) is 0 Å². The average molecular weight is 268 g/mol. The van der Waals surface area contributed by atoms with Gasteiger partial charge in [0, 0.05) is 6.20 Å². The Hall–Kier alpha value is -2.31. The molecule has 0 aliphatic rings. The highest BCUT2D eigenvalue weighted by Crippen LogP contribution is 2.24. The van der Waals surface area contributed by atoms with Crippen molar-refractivity contribution in [3.63, 3.8) is 0 Å². The molecule has 0 unspecified atom stereocenters. The van der Waals surface area contributed by atoms with Crippen molar-refractivity contribution in [1.82, 2.24) is 9.97 Å². The van der Waals surface area contributed by atoms with E-state index in [-0.39, 0.29) is 23.8 Å². The highest BCUT2D eigenvalue weighted by molar-refractivity contribution is 5.90. The van der Waals surface area contributed by atoms with Gasteiger partial charge in [-0.2, -0.15) is 0 Å². The van der Waals surface area contributed by atoms with Gasteiger partial charge in [0.15, 0.2) is 11.6 Å².